The molecule has 0 saturated heterocycles. The molecule has 0 unspecified atom stereocenters. The van der Waals surface area contributed by atoms with Crippen LogP contribution in [0.4, 0.5) is 0 Å². The molecule has 114 valence electrons. The highest BCUT2D eigenvalue weighted by Gasteiger charge is 2.11. The maximum Gasteiger partial charge on any atom is 0.124 e. The summed E-state index contributed by atoms with van der Waals surface area (Å²) < 4.78 is 7.75. The molecule has 0 bridgehead atoms. The Labute approximate surface area is 127 Å². The van der Waals surface area contributed by atoms with Gasteiger partial charge in [-0.05, 0) is 33.8 Å². The zero-order valence-electron chi connectivity index (χ0n) is 13.6. The van der Waals surface area contributed by atoms with Crippen molar-refractivity contribution in [2.45, 2.75) is 46.4 Å². The highest BCUT2D eigenvalue weighted by molar-refractivity contribution is 5.37. The van der Waals surface area contributed by atoms with Gasteiger partial charge in [0.15, 0.2) is 0 Å². The third-order valence-corrected chi connectivity index (χ3v) is 3.18. The number of rotatable bonds is 5. The standard InChI is InChI=1S/C17H25N3O/c1-13-6-7-16(15(8-13)10-18-17(2,3)4)21-12-14-9-19-20(5)11-14/h6-9,11,18H,10,12H2,1-5H3. The molecule has 4 nitrogen and oxygen atoms in total. The van der Waals surface area contributed by atoms with Crippen LogP contribution >= 0.6 is 0 Å². The number of nitrogens with one attached hydrogen (secondary N) is 1. The minimum absolute atomic E-state index is 0.0877. The van der Waals surface area contributed by atoms with Gasteiger partial charge in [0.05, 0.1) is 6.20 Å². The second-order valence-electron chi connectivity index (χ2n) is 6.53. The topological polar surface area (TPSA) is 39.1 Å². The molecule has 0 fully saturated rings. The summed E-state index contributed by atoms with van der Waals surface area (Å²) in [6.45, 7) is 9.94. The number of benzene rings is 1. The summed E-state index contributed by atoms with van der Waals surface area (Å²) in [6.07, 6.45) is 3.81. The lowest BCUT2D eigenvalue weighted by atomic mass is 10.1. The Bertz CT molecular complexity index is 596. The van der Waals surface area contributed by atoms with Crippen molar-refractivity contribution < 1.29 is 4.74 Å². The van der Waals surface area contributed by atoms with E-state index >= 15 is 0 Å². The summed E-state index contributed by atoms with van der Waals surface area (Å²) in [7, 11) is 1.91. The van der Waals surface area contributed by atoms with E-state index in [1.165, 1.54) is 11.1 Å². The van der Waals surface area contributed by atoms with E-state index in [1.807, 2.05) is 25.5 Å². The number of ether oxygens (including phenoxy) is 1. The first kappa shape index (κ1) is 15.6. The van der Waals surface area contributed by atoms with Crippen molar-refractivity contribution in [3.8, 4) is 5.75 Å². The Balaban J connectivity index is 2.07. The maximum atomic E-state index is 5.96. The lowest BCUT2D eigenvalue weighted by Gasteiger charge is -2.22. The summed E-state index contributed by atoms with van der Waals surface area (Å²) in [5, 5.41) is 7.67. The summed E-state index contributed by atoms with van der Waals surface area (Å²) in [6, 6.07) is 6.31. The average molecular weight is 287 g/mol. The fraction of sp³-hybridized carbons (Fsp3) is 0.471. The quantitative estimate of drug-likeness (QED) is 0.918. The van der Waals surface area contributed by atoms with E-state index in [9.17, 15) is 0 Å². The van der Waals surface area contributed by atoms with Crippen molar-refractivity contribution in [1.82, 2.24) is 15.1 Å². The smallest absolute Gasteiger partial charge is 0.124 e. The van der Waals surface area contributed by atoms with Crippen LogP contribution in [0, 0.1) is 6.92 Å². The highest BCUT2D eigenvalue weighted by atomic mass is 16.5. The minimum Gasteiger partial charge on any atom is -0.488 e. The van der Waals surface area contributed by atoms with E-state index < -0.39 is 0 Å². The largest absolute Gasteiger partial charge is 0.488 e. The van der Waals surface area contributed by atoms with Crippen LogP contribution in [-0.4, -0.2) is 15.3 Å². The van der Waals surface area contributed by atoms with Gasteiger partial charge < -0.3 is 10.1 Å². The van der Waals surface area contributed by atoms with Crippen LogP contribution in [0.5, 0.6) is 5.75 Å². The monoisotopic (exact) mass is 287 g/mol. The molecule has 0 aliphatic heterocycles. The molecule has 0 aliphatic carbocycles. The van der Waals surface area contributed by atoms with Crippen molar-refractivity contribution >= 4 is 0 Å². The Morgan fingerprint density at radius 3 is 2.67 bits per heavy atom. The first-order chi connectivity index (χ1) is 9.83. The second kappa shape index (κ2) is 6.31. The normalized spacial score (nSPS) is 11.7. The summed E-state index contributed by atoms with van der Waals surface area (Å²) in [5.41, 5.74) is 3.60. The molecule has 2 aromatic rings. The lowest BCUT2D eigenvalue weighted by molar-refractivity contribution is 0.300. The van der Waals surface area contributed by atoms with Gasteiger partial charge >= 0.3 is 0 Å². The van der Waals surface area contributed by atoms with Crippen molar-refractivity contribution in [1.29, 1.82) is 0 Å². The molecular formula is C17H25N3O. The molecular weight excluding hydrogens is 262 g/mol. The Morgan fingerprint density at radius 1 is 1.29 bits per heavy atom. The Morgan fingerprint density at radius 2 is 2.05 bits per heavy atom. The molecule has 0 spiro atoms. The van der Waals surface area contributed by atoms with Gasteiger partial charge in [0, 0.05) is 36.5 Å². The van der Waals surface area contributed by atoms with E-state index in [4.69, 9.17) is 4.74 Å². The molecule has 1 heterocycles. The highest BCUT2D eigenvalue weighted by Crippen LogP contribution is 2.22. The van der Waals surface area contributed by atoms with Crippen LogP contribution in [0.25, 0.3) is 0 Å². The fourth-order valence-electron chi connectivity index (χ4n) is 2.06. The SMILES string of the molecule is Cc1ccc(OCc2cnn(C)c2)c(CNC(C)(C)C)c1. The van der Waals surface area contributed by atoms with Gasteiger partial charge in [-0.3, -0.25) is 4.68 Å². The number of aryl methyl sites for hydroxylation is 2. The van der Waals surface area contributed by atoms with E-state index in [0.717, 1.165) is 17.9 Å². The lowest BCUT2D eigenvalue weighted by Crippen LogP contribution is -2.35. The third-order valence-electron chi connectivity index (χ3n) is 3.18. The molecule has 0 aliphatic rings. The molecule has 0 radical (unpaired) electrons. The molecule has 2 rings (SSSR count). The average Bonchev–Trinajstić information content (AvgIpc) is 2.80. The van der Waals surface area contributed by atoms with Gasteiger partial charge in [-0.1, -0.05) is 17.7 Å². The van der Waals surface area contributed by atoms with Gasteiger partial charge in [-0.15, -0.1) is 0 Å². The molecule has 0 saturated carbocycles. The van der Waals surface area contributed by atoms with Crippen LogP contribution in [0.3, 0.4) is 0 Å². The van der Waals surface area contributed by atoms with Crippen LogP contribution in [0.1, 0.15) is 37.5 Å². The molecule has 21 heavy (non-hydrogen) atoms. The van der Waals surface area contributed by atoms with Crippen molar-refractivity contribution in [2.24, 2.45) is 7.05 Å². The first-order valence-electron chi connectivity index (χ1n) is 7.28. The van der Waals surface area contributed by atoms with Crippen molar-refractivity contribution in [2.75, 3.05) is 0 Å². The number of aromatic nitrogens is 2. The molecule has 1 N–H and O–H groups in total. The maximum absolute atomic E-state index is 5.96. The van der Waals surface area contributed by atoms with Crippen LogP contribution < -0.4 is 10.1 Å². The summed E-state index contributed by atoms with van der Waals surface area (Å²) in [5.74, 6) is 0.932. The zero-order chi connectivity index (χ0) is 15.5. The molecule has 0 amide bonds. The summed E-state index contributed by atoms with van der Waals surface area (Å²) in [4.78, 5) is 0. The van der Waals surface area contributed by atoms with Crippen molar-refractivity contribution in [3.05, 3.63) is 47.3 Å². The predicted molar refractivity (Wildman–Crippen MR) is 85.3 cm³/mol. The minimum atomic E-state index is 0.0877. The molecule has 4 heteroatoms. The van der Waals surface area contributed by atoms with Crippen molar-refractivity contribution in [3.63, 3.8) is 0 Å². The third kappa shape index (κ3) is 4.90. The van der Waals surface area contributed by atoms with E-state index in [2.05, 4.69) is 50.2 Å². The Hall–Kier alpha value is -1.81. The number of hydrogen-bond acceptors (Lipinski definition) is 3. The molecule has 1 aromatic carbocycles. The van der Waals surface area contributed by atoms with Gasteiger partial charge in [-0.2, -0.15) is 5.10 Å². The second-order valence-corrected chi connectivity index (χ2v) is 6.53. The predicted octanol–water partition coefficient (Wildman–Crippen LogP) is 3.20. The van der Waals surface area contributed by atoms with Gasteiger partial charge in [0.1, 0.15) is 12.4 Å². The summed E-state index contributed by atoms with van der Waals surface area (Å²) >= 11 is 0. The molecule has 1 aromatic heterocycles. The van der Waals surface area contributed by atoms with Gasteiger partial charge in [0.25, 0.3) is 0 Å². The van der Waals surface area contributed by atoms with E-state index in [0.29, 0.717) is 6.61 Å². The van der Waals surface area contributed by atoms with Gasteiger partial charge in [-0.25, -0.2) is 0 Å². The van der Waals surface area contributed by atoms with Crippen LogP contribution in [0.15, 0.2) is 30.6 Å². The van der Waals surface area contributed by atoms with E-state index in [1.54, 1.807) is 4.68 Å². The fourth-order valence-corrected chi connectivity index (χ4v) is 2.06. The first-order valence-corrected chi connectivity index (χ1v) is 7.28. The number of nitrogens with zero attached hydrogens (tertiary/aromatic N) is 2. The number of hydrogen-bond donors (Lipinski definition) is 1. The molecule has 0 atom stereocenters. The van der Waals surface area contributed by atoms with E-state index in [-0.39, 0.29) is 5.54 Å². The van der Waals surface area contributed by atoms with Crippen LogP contribution in [0.2, 0.25) is 0 Å². The zero-order valence-corrected chi connectivity index (χ0v) is 13.6. The van der Waals surface area contributed by atoms with Crippen LogP contribution in [-0.2, 0) is 20.2 Å². The van der Waals surface area contributed by atoms with Gasteiger partial charge in [0.2, 0.25) is 0 Å². The Kier molecular flexibility index (Phi) is 4.68.